The van der Waals surface area contributed by atoms with Gasteiger partial charge >= 0.3 is 0 Å². The quantitative estimate of drug-likeness (QED) is 0.163. The molecule has 4 aliphatic rings. The molecule has 308 valence electrons. The predicted molar refractivity (Wildman–Crippen MR) is 258 cm³/mol. The molecule has 0 N–H and O–H groups in total. The Morgan fingerprint density at radius 3 is 1.68 bits per heavy atom. The van der Waals surface area contributed by atoms with Gasteiger partial charge in [-0.05, 0) is 178 Å². The topological polar surface area (TPSA) is 19.6 Å². The Morgan fingerprint density at radius 2 is 1.08 bits per heavy atom. The molecule has 3 nitrogen and oxygen atoms in total. The average molecular weight is 793 g/mol. The molecule has 5 aromatic carbocycles. The molecule has 4 heteroatoms. The van der Waals surface area contributed by atoms with Gasteiger partial charge in [0.1, 0.15) is 5.58 Å². The van der Waals surface area contributed by atoms with Crippen LogP contribution in [0.3, 0.4) is 0 Å². The normalized spacial score (nSPS) is 19.1. The van der Waals surface area contributed by atoms with E-state index in [1.165, 1.54) is 126 Å². The van der Waals surface area contributed by atoms with Gasteiger partial charge in [0.2, 0.25) is 0 Å². The van der Waals surface area contributed by atoms with Crippen LogP contribution in [0.4, 0.5) is 34.1 Å². The predicted octanol–water partition coefficient (Wildman–Crippen LogP) is 13.7. The molecule has 0 saturated carbocycles. The number of furan rings is 1. The van der Waals surface area contributed by atoms with Gasteiger partial charge in [0.15, 0.2) is 0 Å². The molecule has 0 atom stereocenters. The smallest absolute Gasteiger partial charge is 0.297 e. The summed E-state index contributed by atoms with van der Waals surface area (Å²) >= 11 is 0. The first-order chi connectivity index (χ1) is 28.0. The van der Waals surface area contributed by atoms with Crippen LogP contribution in [-0.2, 0) is 27.1 Å². The molecule has 0 amide bonds. The Balaban J connectivity index is 1.35. The van der Waals surface area contributed by atoms with E-state index in [1.54, 1.807) is 0 Å². The van der Waals surface area contributed by atoms with Crippen molar-refractivity contribution in [1.29, 1.82) is 0 Å². The Morgan fingerprint density at radius 1 is 0.533 bits per heavy atom. The zero-order valence-corrected chi connectivity index (χ0v) is 39.1. The SMILES string of the molecule is Cc1cc2c3c(c1)N(c1c(C)cc(C(C)(C)C)cc1C)c1c(oc4ccc(C)cc14)B3c1cc3c(cc1N2c1ccc2c(c1)C(C)(C)CCC2(C)C)C(C)(C)CCC3(C)C. The molecule has 0 radical (unpaired) electrons. The number of hydrogen-bond donors (Lipinski definition) is 0. The Bertz CT molecular complexity index is 2800. The van der Waals surface area contributed by atoms with E-state index in [9.17, 15) is 0 Å². The van der Waals surface area contributed by atoms with Crippen LogP contribution in [0.2, 0.25) is 0 Å². The molecule has 0 bridgehead atoms. The minimum Gasteiger partial charge on any atom is -0.468 e. The first kappa shape index (κ1) is 39.4. The van der Waals surface area contributed by atoms with Crippen LogP contribution in [0.25, 0.3) is 11.0 Å². The van der Waals surface area contributed by atoms with E-state index >= 15 is 0 Å². The van der Waals surface area contributed by atoms with Crippen LogP contribution in [0.15, 0.2) is 77.2 Å². The van der Waals surface area contributed by atoms with Crippen molar-refractivity contribution in [1.82, 2.24) is 0 Å². The highest BCUT2D eigenvalue weighted by Gasteiger charge is 2.49. The zero-order valence-electron chi connectivity index (χ0n) is 39.1. The lowest BCUT2D eigenvalue weighted by atomic mass is 9.35. The Hall–Kier alpha value is -4.70. The number of nitrogens with zero attached hydrogens (tertiary/aromatic N) is 2. The van der Waals surface area contributed by atoms with Crippen LogP contribution in [-0.4, -0.2) is 6.71 Å². The largest absolute Gasteiger partial charge is 0.468 e. The van der Waals surface area contributed by atoms with Gasteiger partial charge < -0.3 is 14.2 Å². The number of hydrogen-bond acceptors (Lipinski definition) is 3. The van der Waals surface area contributed by atoms with Gasteiger partial charge in [-0.1, -0.05) is 112 Å². The number of benzene rings is 5. The molecule has 0 fully saturated rings. The van der Waals surface area contributed by atoms with Crippen LogP contribution in [0, 0.1) is 27.7 Å². The van der Waals surface area contributed by atoms with Gasteiger partial charge in [0.05, 0.1) is 17.0 Å². The van der Waals surface area contributed by atoms with E-state index in [-0.39, 0.29) is 33.8 Å². The molecule has 0 unspecified atom stereocenters. The van der Waals surface area contributed by atoms with E-state index in [4.69, 9.17) is 4.42 Å². The molecule has 0 saturated heterocycles. The van der Waals surface area contributed by atoms with Crippen LogP contribution in [0.5, 0.6) is 0 Å². The summed E-state index contributed by atoms with van der Waals surface area (Å²) in [5.74, 6) is 0. The highest BCUT2D eigenvalue weighted by molar-refractivity contribution is 7.00. The Labute approximate surface area is 360 Å². The lowest BCUT2D eigenvalue weighted by molar-refractivity contribution is 0.332. The molecule has 1 aromatic heterocycles. The Kier molecular flexibility index (Phi) is 8.19. The van der Waals surface area contributed by atoms with Gasteiger partial charge in [-0.3, -0.25) is 0 Å². The molecule has 3 heterocycles. The number of aryl methyl sites for hydroxylation is 4. The monoisotopic (exact) mass is 793 g/mol. The van der Waals surface area contributed by atoms with E-state index in [0.29, 0.717) is 0 Å². The first-order valence-electron chi connectivity index (χ1n) is 22.7. The fourth-order valence-corrected chi connectivity index (χ4v) is 11.8. The molecule has 0 spiro atoms. The zero-order chi connectivity index (χ0) is 42.8. The summed E-state index contributed by atoms with van der Waals surface area (Å²) in [6.45, 7) is 35.7. The third-order valence-electron chi connectivity index (χ3n) is 15.6. The molecule has 60 heavy (non-hydrogen) atoms. The van der Waals surface area contributed by atoms with Crippen LogP contribution < -0.4 is 26.4 Å². The maximum Gasteiger partial charge on any atom is 0.297 e. The van der Waals surface area contributed by atoms with Gasteiger partial charge in [-0.2, -0.15) is 0 Å². The summed E-state index contributed by atoms with van der Waals surface area (Å²) in [5.41, 5.74) is 25.0. The summed E-state index contributed by atoms with van der Waals surface area (Å²) in [6.07, 6.45) is 4.73. The summed E-state index contributed by atoms with van der Waals surface area (Å²) in [7, 11) is 0. The van der Waals surface area contributed by atoms with Gasteiger partial charge in [0.25, 0.3) is 6.71 Å². The lowest BCUT2D eigenvalue weighted by Crippen LogP contribution is -2.61. The third-order valence-corrected chi connectivity index (χ3v) is 15.6. The fourth-order valence-electron chi connectivity index (χ4n) is 11.8. The van der Waals surface area contributed by atoms with Gasteiger partial charge in [-0.25, -0.2) is 0 Å². The van der Waals surface area contributed by atoms with Crippen molar-refractivity contribution in [2.75, 3.05) is 9.80 Å². The molecule has 10 rings (SSSR count). The molecule has 6 aromatic rings. The molecule has 2 aliphatic heterocycles. The lowest BCUT2D eigenvalue weighted by Gasteiger charge is -2.47. The standard InChI is InChI=1S/C56H65BN2O/c1-32-16-19-47-38(24-32)50-51(60-47)57-43-30-41-42(56(14,15)23-22-55(41,12)13)31-44(43)58(37-17-18-39-40(29-37)54(10,11)21-20-53(39,8)9)45-25-33(2)26-46(48(45)57)59(50)49-34(3)27-36(28-35(49)4)52(5,6)7/h16-19,24-31H,20-23H2,1-15H3. The first-order valence-corrected chi connectivity index (χ1v) is 22.7. The maximum absolute atomic E-state index is 7.33. The van der Waals surface area contributed by atoms with E-state index in [0.717, 1.165) is 11.2 Å². The summed E-state index contributed by atoms with van der Waals surface area (Å²) in [5, 5.41) is 1.18. The number of anilines is 6. The van der Waals surface area contributed by atoms with Crippen molar-refractivity contribution in [3.05, 3.63) is 123 Å². The van der Waals surface area contributed by atoms with Crippen LogP contribution >= 0.6 is 0 Å². The second-order valence-electron chi connectivity index (χ2n) is 23.1. The minimum absolute atomic E-state index is 0.0402. The fraction of sp³-hybridized carbons (Fsp3) is 0.429. The van der Waals surface area contributed by atoms with Crippen molar-refractivity contribution >= 4 is 68.4 Å². The average Bonchev–Trinajstić information content (AvgIpc) is 3.53. The number of rotatable bonds is 2. The maximum atomic E-state index is 7.33. The van der Waals surface area contributed by atoms with Gasteiger partial charge in [-0.15, -0.1) is 0 Å². The van der Waals surface area contributed by atoms with Crippen molar-refractivity contribution in [2.24, 2.45) is 0 Å². The highest BCUT2D eigenvalue weighted by atomic mass is 16.3. The van der Waals surface area contributed by atoms with E-state index < -0.39 is 0 Å². The van der Waals surface area contributed by atoms with Crippen molar-refractivity contribution in [3.63, 3.8) is 0 Å². The highest BCUT2D eigenvalue weighted by Crippen LogP contribution is 2.54. The summed E-state index contributed by atoms with van der Waals surface area (Å²) in [6, 6.07) is 29.3. The van der Waals surface area contributed by atoms with Crippen molar-refractivity contribution in [3.8, 4) is 0 Å². The summed E-state index contributed by atoms with van der Waals surface area (Å²) in [4.78, 5) is 5.26. The molecule has 2 aliphatic carbocycles. The van der Waals surface area contributed by atoms with Crippen LogP contribution in [0.1, 0.15) is 152 Å². The van der Waals surface area contributed by atoms with E-state index in [2.05, 4.69) is 186 Å². The third kappa shape index (κ3) is 5.60. The summed E-state index contributed by atoms with van der Waals surface area (Å²) < 4.78 is 7.33. The van der Waals surface area contributed by atoms with E-state index in [1.807, 2.05) is 0 Å². The van der Waals surface area contributed by atoms with Gasteiger partial charge in [0, 0.05) is 28.1 Å². The number of fused-ring (bicyclic) bond motifs is 8. The second kappa shape index (κ2) is 12.5. The minimum atomic E-state index is -0.0746. The second-order valence-corrected chi connectivity index (χ2v) is 23.1. The van der Waals surface area contributed by atoms with Crippen molar-refractivity contribution in [2.45, 2.75) is 157 Å². The molecular weight excluding hydrogens is 727 g/mol. The van der Waals surface area contributed by atoms with Crippen molar-refractivity contribution < 1.29 is 4.42 Å². The molecular formula is C56H65BN2O.